The van der Waals surface area contributed by atoms with Gasteiger partial charge in [-0.2, -0.15) is 4.98 Å². The Hall–Kier alpha value is -4.45. The molecule has 4 heterocycles. The molecular formula is C27H33N9O3. The summed E-state index contributed by atoms with van der Waals surface area (Å²) in [6.45, 7) is 9.49. The molecule has 0 bridgehead atoms. The molecule has 1 aliphatic rings. The normalized spacial score (nSPS) is 14.2. The molecule has 4 aromatic rings. The number of fused-ring (bicyclic) bond motifs is 1. The van der Waals surface area contributed by atoms with Gasteiger partial charge < -0.3 is 20.7 Å². The van der Waals surface area contributed by atoms with Gasteiger partial charge in [0.05, 0.1) is 25.4 Å². The predicted octanol–water partition coefficient (Wildman–Crippen LogP) is 2.59. The zero-order chi connectivity index (χ0) is 27.7. The zero-order valence-electron chi connectivity index (χ0n) is 22.4. The minimum absolute atomic E-state index is 0.162. The molecular weight excluding hydrogens is 498 g/mol. The largest absolute Gasteiger partial charge is 0.495 e. The van der Waals surface area contributed by atoms with Crippen molar-refractivity contribution in [2.24, 2.45) is 5.73 Å². The minimum atomic E-state index is -0.284. The maximum Gasteiger partial charge on any atom is 0.278 e. The Morgan fingerprint density at radius 1 is 1.21 bits per heavy atom. The highest BCUT2D eigenvalue weighted by atomic mass is 16.5. The van der Waals surface area contributed by atoms with Gasteiger partial charge in [-0.15, -0.1) is 11.7 Å². The summed E-state index contributed by atoms with van der Waals surface area (Å²) in [7, 11) is 1.64. The first-order chi connectivity index (χ1) is 18.8. The average molecular weight is 532 g/mol. The van der Waals surface area contributed by atoms with E-state index in [2.05, 4.69) is 31.9 Å². The molecule has 3 N–H and O–H groups in total. The molecule has 0 amide bonds. The number of nitrogens with zero attached hydrogens (tertiary/aromatic N) is 7. The molecule has 39 heavy (non-hydrogen) atoms. The van der Waals surface area contributed by atoms with Gasteiger partial charge in [0.15, 0.2) is 11.5 Å². The third-order valence-electron chi connectivity index (χ3n) is 6.81. The van der Waals surface area contributed by atoms with Gasteiger partial charge >= 0.3 is 0 Å². The summed E-state index contributed by atoms with van der Waals surface area (Å²) in [6.07, 6.45) is 4.98. The fourth-order valence-corrected chi connectivity index (χ4v) is 4.79. The van der Waals surface area contributed by atoms with E-state index < -0.39 is 0 Å². The van der Waals surface area contributed by atoms with Crippen LogP contribution in [0.3, 0.4) is 0 Å². The van der Waals surface area contributed by atoms with E-state index in [-0.39, 0.29) is 29.7 Å². The standard InChI is InChI=1S/C27H33N9O3/c1-5-12-34-26(38)20-16-29-27(31-25(20)36(34)23-8-9-24(37)35(32-23)17(2)3)30-19-6-7-21(22(15-19)39-4)33-13-10-18(28)11-14-33/h5-9,15-18H,1,10-14,28H2,2-4H3,(H,29,30,31). The summed E-state index contributed by atoms with van der Waals surface area (Å²) in [5.74, 6) is 1.41. The summed E-state index contributed by atoms with van der Waals surface area (Å²) in [5, 5.41) is 8.05. The molecule has 5 rings (SSSR count). The minimum Gasteiger partial charge on any atom is -0.495 e. The van der Waals surface area contributed by atoms with Crippen molar-refractivity contribution >= 4 is 28.4 Å². The van der Waals surface area contributed by atoms with Crippen LogP contribution in [0.25, 0.3) is 16.9 Å². The molecule has 3 aromatic heterocycles. The van der Waals surface area contributed by atoms with Crippen LogP contribution >= 0.6 is 0 Å². The molecule has 0 atom stereocenters. The van der Waals surface area contributed by atoms with Crippen LogP contribution < -0.4 is 31.8 Å². The van der Waals surface area contributed by atoms with Crippen LogP contribution in [0.1, 0.15) is 32.7 Å². The molecule has 0 aliphatic carbocycles. The molecule has 1 fully saturated rings. The first kappa shape index (κ1) is 26.2. The van der Waals surface area contributed by atoms with E-state index in [1.165, 1.54) is 21.6 Å². The predicted molar refractivity (Wildman–Crippen MR) is 151 cm³/mol. The molecule has 1 aromatic carbocycles. The van der Waals surface area contributed by atoms with Crippen LogP contribution in [0.4, 0.5) is 17.3 Å². The molecule has 204 valence electrons. The van der Waals surface area contributed by atoms with Crippen LogP contribution in [0.15, 0.2) is 58.8 Å². The number of benzene rings is 1. The van der Waals surface area contributed by atoms with E-state index in [1.807, 2.05) is 32.0 Å². The first-order valence-corrected chi connectivity index (χ1v) is 13.0. The van der Waals surface area contributed by atoms with E-state index in [0.717, 1.165) is 43.1 Å². The van der Waals surface area contributed by atoms with Crippen molar-refractivity contribution in [3.63, 3.8) is 0 Å². The lowest BCUT2D eigenvalue weighted by molar-refractivity contribution is 0.411. The van der Waals surface area contributed by atoms with Gasteiger partial charge in [-0.3, -0.25) is 9.59 Å². The van der Waals surface area contributed by atoms with Gasteiger partial charge in [0.2, 0.25) is 5.95 Å². The van der Waals surface area contributed by atoms with Crippen LogP contribution in [-0.4, -0.2) is 55.4 Å². The van der Waals surface area contributed by atoms with Gasteiger partial charge in [0.1, 0.15) is 11.1 Å². The molecule has 0 saturated carbocycles. The molecule has 0 spiro atoms. The zero-order valence-corrected chi connectivity index (χ0v) is 22.4. The monoisotopic (exact) mass is 531 g/mol. The van der Waals surface area contributed by atoms with Crippen molar-refractivity contribution in [2.45, 2.75) is 45.3 Å². The number of allylic oxidation sites excluding steroid dienone is 1. The highest BCUT2D eigenvalue weighted by Gasteiger charge is 2.21. The number of nitrogens with two attached hydrogens (primary N) is 1. The van der Waals surface area contributed by atoms with Crippen LogP contribution in [-0.2, 0) is 6.54 Å². The van der Waals surface area contributed by atoms with Crippen molar-refractivity contribution in [1.29, 1.82) is 0 Å². The second-order valence-corrected chi connectivity index (χ2v) is 9.82. The summed E-state index contributed by atoms with van der Waals surface area (Å²) < 4.78 is 10.1. The number of ether oxygens (including phenoxy) is 1. The third-order valence-corrected chi connectivity index (χ3v) is 6.81. The molecule has 12 nitrogen and oxygen atoms in total. The Labute approximate surface area is 225 Å². The summed E-state index contributed by atoms with van der Waals surface area (Å²) >= 11 is 0. The average Bonchev–Trinajstić information content (AvgIpc) is 3.20. The van der Waals surface area contributed by atoms with Crippen molar-refractivity contribution in [1.82, 2.24) is 29.1 Å². The third kappa shape index (κ3) is 5.02. The Morgan fingerprint density at radius 3 is 2.67 bits per heavy atom. The number of aromatic nitrogens is 6. The number of nitrogens with one attached hydrogen (secondary N) is 1. The van der Waals surface area contributed by atoms with E-state index in [0.29, 0.717) is 22.8 Å². The smallest absolute Gasteiger partial charge is 0.278 e. The summed E-state index contributed by atoms with van der Waals surface area (Å²) in [4.78, 5) is 36.9. The van der Waals surface area contributed by atoms with Crippen molar-refractivity contribution in [3.8, 4) is 11.6 Å². The lowest BCUT2D eigenvalue weighted by Gasteiger charge is -2.33. The van der Waals surface area contributed by atoms with Crippen LogP contribution in [0.2, 0.25) is 0 Å². The van der Waals surface area contributed by atoms with Gasteiger partial charge in [0.25, 0.3) is 11.1 Å². The Kier molecular flexibility index (Phi) is 7.20. The fourth-order valence-electron chi connectivity index (χ4n) is 4.79. The molecule has 1 saturated heterocycles. The van der Waals surface area contributed by atoms with Crippen molar-refractivity contribution in [2.75, 3.05) is 30.4 Å². The Balaban J connectivity index is 1.54. The second-order valence-electron chi connectivity index (χ2n) is 9.82. The van der Waals surface area contributed by atoms with Crippen molar-refractivity contribution < 1.29 is 4.74 Å². The molecule has 0 unspecified atom stereocenters. The topological polar surface area (TPSA) is 138 Å². The summed E-state index contributed by atoms with van der Waals surface area (Å²) in [5.41, 5.74) is 7.65. The Bertz CT molecular complexity index is 1630. The number of hydrogen-bond acceptors (Lipinski definition) is 9. The maximum atomic E-state index is 13.2. The number of methoxy groups -OCH3 is 1. The van der Waals surface area contributed by atoms with Gasteiger partial charge in [-0.25, -0.2) is 19.0 Å². The SMILES string of the molecule is C=CCn1c(=O)c2cnc(Nc3ccc(N4CCC(N)CC4)c(OC)c3)nc2n1-c1ccc(=O)n(C(C)C)n1. The highest BCUT2D eigenvalue weighted by Crippen LogP contribution is 2.33. The van der Waals surface area contributed by atoms with E-state index in [9.17, 15) is 9.59 Å². The first-order valence-electron chi connectivity index (χ1n) is 13.0. The second kappa shape index (κ2) is 10.7. The van der Waals surface area contributed by atoms with E-state index in [4.69, 9.17) is 10.5 Å². The van der Waals surface area contributed by atoms with Gasteiger partial charge in [-0.1, -0.05) is 6.08 Å². The highest BCUT2D eigenvalue weighted by molar-refractivity contribution is 5.77. The van der Waals surface area contributed by atoms with Gasteiger partial charge in [0, 0.05) is 43.1 Å². The number of anilines is 3. The molecule has 1 aliphatic heterocycles. The van der Waals surface area contributed by atoms with Crippen molar-refractivity contribution in [3.05, 3.63) is 69.9 Å². The lowest BCUT2D eigenvalue weighted by Crippen LogP contribution is -2.39. The number of rotatable bonds is 8. The summed E-state index contributed by atoms with van der Waals surface area (Å²) in [6, 6.07) is 8.93. The quantitative estimate of drug-likeness (QED) is 0.329. The fraction of sp³-hybridized carbons (Fsp3) is 0.370. The maximum absolute atomic E-state index is 13.2. The van der Waals surface area contributed by atoms with E-state index in [1.54, 1.807) is 23.9 Å². The number of piperidine rings is 1. The van der Waals surface area contributed by atoms with E-state index >= 15 is 0 Å². The molecule has 0 radical (unpaired) electrons. The van der Waals surface area contributed by atoms with Crippen LogP contribution in [0.5, 0.6) is 5.75 Å². The number of hydrogen-bond donors (Lipinski definition) is 2. The lowest BCUT2D eigenvalue weighted by atomic mass is 10.1. The van der Waals surface area contributed by atoms with Crippen LogP contribution in [0, 0.1) is 0 Å². The Morgan fingerprint density at radius 2 is 1.97 bits per heavy atom. The molecule has 12 heteroatoms. The van der Waals surface area contributed by atoms with Gasteiger partial charge in [-0.05, 0) is 44.9 Å².